The highest BCUT2D eigenvalue weighted by atomic mass is 32.2. The van der Waals surface area contributed by atoms with Crippen LogP contribution in [0.3, 0.4) is 0 Å². The van der Waals surface area contributed by atoms with Crippen LogP contribution in [0.2, 0.25) is 0 Å². The second-order valence-corrected chi connectivity index (χ2v) is 6.82. The Hall–Kier alpha value is -2.59. The smallest absolute Gasteiger partial charge is 0.305 e. The number of carboxylic acids is 1. The van der Waals surface area contributed by atoms with Gasteiger partial charge in [-0.05, 0) is 23.8 Å². The van der Waals surface area contributed by atoms with Crippen molar-refractivity contribution in [2.75, 3.05) is 20.3 Å². The van der Waals surface area contributed by atoms with E-state index >= 15 is 0 Å². The molecule has 26 heavy (non-hydrogen) atoms. The Morgan fingerprint density at radius 2 is 2.12 bits per heavy atom. The van der Waals surface area contributed by atoms with Gasteiger partial charge in [-0.1, -0.05) is 30.0 Å². The first-order chi connectivity index (χ1) is 12.3. The molecule has 0 atom stereocenters. The van der Waals surface area contributed by atoms with Gasteiger partial charge < -0.3 is 20.3 Å². The predicted octanol–water partition coefficient (Wildman–Crippen LogP) is 1.24. The van der Waals surface area contributed by atoms with Crippen molar-refractivity contribution in [2.45, 2.75) is 6.42 Å². The highest BCUT2D eigenvalue weighted by Gasteiger charge is 2.32. The number of methoxy groups -OCH3 is 1. The van der Waals surface area contributed by atoms with Crippen LogP contribution in [0.1, 0.15) is 12.0 Å². The van der Waals surface area contributed by atoms with E-state index in [2.05, 4.69) is 0 Å². The number of hydrogen-bond donors (Lipinski definition) is 2. The second-order valence-electron chi connectivity index (χ2n) is 5.14. The number of hydrogen-bond acceptors (Lipinski definition) is 7. The monoisotopic (exact) mass is 396 g/mol. The highest BCUT2D eigenvalue weighted by Crippen LogP contribution is 2.34. The van der Waals surface area contributed by atoms with Gasteiger partial charge in [-0.25, -0.2) is 0 Å². The first-order valence-corrected chi connectivity index (χ1v) is 8.60. The van der Waals surface area contributed by atoms with Crippen LogP contribution in [0.15, 0.2) is 23.1 Å². The molecule has 0 bridgehead atoms. The van der Waals surface area contributed by atoms with Gasteiger partial charge in [0.1, 0.15) is 4.32 Å². The van der Waals surface area contributed by atoms with Gasteiger partial charge in [-0.3, -0.25) is 19.3 Å². The molecule has 10 heteroatoms. The number of amides is 2. The molecule has 1 heterocycles. The molecule has 2 amide bonds. The van der Waals surface area contributed by atoms with Crippen LogP contribution in [0, 0.1) is 0 Å². The maximum atomic E-state index is 12.4. The topological polar surface area (TPSA) is 119 Å². The molecule has 1 fully saturated rings. The van der Waals surface area contributed by atoms with Crippen LogP contribution in [0.5, 0.6) is 11.5 Å². The minimum Gasteiger partial charge on any atom is -0.493 e. The molecule has 0 spiro atoms. The largest absolute Gasteiger partial charge is 0.493 e. The average Bonchev–Trinajstić information content (AvgIpc) is 2.85. The number of ether oxygens (including phenoxy) is 2. The molecule has 2 rings (SSSR count). The Morgan fingerprint density at radius 1 is 1.38 bits per heavy atom. The van der Waals surface area contributed by atoms with Crippen LogP contribution in [0.25, 0.3) is 6.08 Å². The summed E-state index contributed by atoms with van der Waals surface area (Å²) in [5.41, 5.74) is 5.71. The number of primary amides is 1. The zero-order chi connectivity index (χ0) is 19.3. The number of carboxylic acid groups (broad SMARTS) is 1. The van der Waals surface area contributed by atoms with E-state index in [-0.39, 0.29) is 25.5 Å². The van der Waals surface area contributed by atoms with E-state index in [1.165, 1.54) is 12.0 Å². The molecule has 3 N–H and O–H groups in total. The Labute approximate surface area is 158 Å². The number of thioether (sulfide) groups is 1. The highest BCUT2D eigenvalue weighted by molar-refractivity contribution is 8.26. The third-order valence-electron chi connectivity index (χ3n) is 3.28. The first-order valence-electron chi connectivity index (χ1n) is 7.38. The second kappa shape index (κ2) is 8.68. The number of carbonyl (C=O) groups is 3. The molecule has 0 saturated carbocycles. The van der Waals surface area contributed by atoms with Crippen molar-refractivity contribution in [1.29, 1.82) is 0 Å². The SMILES string of the molecule is COc1cc(C=C2SC(=S)N(CCC(=O)O)C2=O)ccc1OCC(N)=O. The number of thiocarbonyl (C=S) groups is 1. The third-order valence-corrected chi connectivity index (χ3v) is 4.66. The fourth-order valence-corrected chi connectivity index (χ4v) is 3.40. The minimum atomic E-state index is -1.00. The van der Waals surface area contributed by atoms with Crippen LogP contribution >= 0.6 is 24.0 Å². The molecule has 0 aromatic heterocycles. The molecule has 1 aliphatic heterocycles. The van der Waals surface area contributed by atoms with Gasteiger partial charge in [-0.2, -0.15) is 0 Å². The summed E-state index contributed by atoms with van der Waals surface area (Å²) in [6.45, 7) is -0.251. The number of benzene rings is 1. The first kappa shape index (κ1) is 19.7. The molecular weight excluding hydrogens is 380 g/mol. The fraction of sp³-hybridized carbons (Fsp3) is 0.250. The maximum Gasteiger partial charge on any atom is 0.305 e. The van der Waals surface area contributed by atoms with Gasteiger partial charge in [-0.15, -0.1) is 0 Å². The van der Waals surface area contributed by atoms with Crippen molar-refractivity contribution in [3.8, 4) is 11.5 Å². The van der Waals surface area contributed by atoms with Crippen LogP contribution < -0.4 is 15.2 Å². The van der Waals surface area contributed by atoms with Gasteiger partial charge in [0, 0.05) is 6.54 Å². The van der Waals surface area contributed by atoms with E-state index in [1.807, 2.05) is 0 Å². The number of nitrogens with zero attached hydrogens (tertiary/aromatic N) is 1. The lowest BCUT2D eigenvalue weighted by Crippen LogP contribution is -2.30. The van der Waals surface area contributed by atoms with Crippen molar-refractivity contribution >= 4 is 52.2 Å². The number of aliphatic carboxylic acids is 1. The number of nitrogens with two attached hydrogens (primary N) is 1. The van der Waals surface area contributed by atoms with Gasteiger partial charge in [0.05, 0.1) is 18.4 Å². The summed E-state index contributed by atoms with van der Waals surface area (Å²) in [6, 6.07) is 4.92. The third kappa shape index (κ3) is 4.96. The van der Waals surface area contributed by atoms with Crippen LogP contribution in [0.4, 0.5) is 0 Å². The molecule has 1 aromatic rings. The Bertz CT molecular complexity index is 793. The normalized spacial score (nSPS) is 15.4. The van der Waals surface area contributed by atoms with Gasteiger partial charge >= 0.3 is 5.97 Å². The summed E-state index contributed by atoms with van der Waals surface area (Å²) in [5, 5.41) is 8.75. The van der Waals surface area contributed by atoms with Crippen molar-refractivity contribution in [1.82, 2.24) is 4.90 Å². The Balaban J connectivity index is 2.18. The molecule has 0 aliphatic carbocycles. The summed E-state index contributed by atoms with van der Waals surface area (Å²) >= 11 is 6.24. The molecule has 0 unspecified atom stereocenters. The van der Waals surface area contributed by atoms with Crippen molar-refractivity contribution < 1.29 is 29.0 Å². The van der Waals surface area contributed by atoms with E-state index < -0.39 is 11.9 Å². The van der Waals surface area contributed by atoms with Gasteiger partial charge in [0.15, 0.2) is 18.1 Å². The Morgan fingerprint density at radius 3 is 2.73 bits per heavy atom. The van der Waals surface area contributed by atoms with Crippen LogP contribution in [-0.2, 0) is 14.4 Å². The molecule has 138 valence electrons. The quantitative estimate of drug-likeness (QED) is 0.497. The molecule has 1 saturated heterocycles. The standard InChI is InChI=1S/C16H16N2O6S2/c1-23-11-6-9(2-3-10(11)24-8-13(17)19)7-12-15(22)18(16(25)26-12)5-4-14(20)21/h2-3,6-7H,4-5,8H2,1H3,(H2,17,19)(H,20,21). The zero-order valence-electron chi connectivity index (χ0n) is 13.8. The van der Waals surface area contributed by atoms with E-state index in [1.54, 1.807) is 24.3 Å². The summed E-state index contributed by atoms with van der Waals surface area (Å²) in [6.07, 6.45) is 1.44. The van der Waals surface area contributed by atoms with Crippen molar-refractivity contribution in [2.24, 2.45) is 5.73 Å². The zero-order valence-corrected chi connectivity index (χ0v) is 15.4. The van der Waals surface area contributed by atoms with Crippen LogP contribution in [-0.4, -0.2) is 52.4 Å². The Kier molecular flexibility index (Phi) is 6.58. The van der Waals surface area contributed by atoms with Crippen molar-refractivity contribution in [3.63, 3.8) is 0 Å². The number of rotatable bonds is 8. The molecule has 1 aromatic carbocycles. The summed E-state index contributed by atoms with van der Waals surface area (Å²) in [7, 11) is 1.45. The fourth-order valence-electron chi connectivity index (χ4n) is 2.09. The maximum absolute atomic E-state index is 12.4. The van der Waals surface area contributed by atoms with E-state index in [4.69, 9.17) is 32.5 Å². The lowest BCUT2D eigenvalue weighted by molar-refractivity contribution is -0.137. The molecule has 0 radical (unpaired) electrons. The number of carbonyl (C=O) groups excluding carboxylic acids is 2. The lowest BCUT2D eigenvalue weighted by Gasteiger charge is -2.12. The lowest BCUT2D eigenvalue weighted by atomic mass is 10.2. The van der Waals surface area contributed by atoms with Gasteiger partial charge in [0.2, 0.25) is 0 Å². The minimum absolute atomic E-state index is 0.0283. The summed E-state index contributed by atoms with van der Waals surface area (Å²) in [4.78, 5) is 35.5. The summed E-state index contributed by atoms with van der Waals surface area (Å²) < 4.78 is 10.8. The van der Waals surface area contributed by atoms with Crippen molar-refractivity contribution in [3.05, 3.63) is 28.7 Å². The van der Waals surface area contributed by atoms with E-state index in [0.29, 0.717) is 26.3 Å². The van der Waals surface area contributed by atoms with E-state index in [9.17, 15) is 14.4 Å². The van der Waals surface area contributed by atoms with Gasteiger partial charge in [0.25, 0.3) is 11.8 Å². The molecule has 1 aliphatic rings. The van der Waals surface area contributed by atoms with E-state index in [0.717, 1.165) is 11.8 Å². The molecule has 8 nitrogen and oxygen atoms in total. The summed E-state index contributed by atoms with van der Waals surface area (Å²) in [5.74, 6) is -1.23. The predicted molar refractivity (Wildman–Crippen MR) is 99.8 cm³/mol. The molecular formula is C16H16N2O6S2. The average molecular weight is 396 g/mol.